The highest BCUT2D eigenvalue weighted by Crippen LogP contribution is 2.41. The second kappa shape index (κ2) is 7.21. The second-order valence-electron chi connectivity index (χ2n) is 7.80. The molecule has 0 unspecified atom stereocenters. The molecule has 1 N–H and O–H groups in total. The van der Waals surface area contributed by atoms with E-state index in [0.717, 1.165) is 0 Å². The van der Waals surface area contributed by atoms with Gasteiger partial charge in [0.25, 0.3) is 0 Å². The van der Waals surface area contributed by atoms with E-state index in [1.807, 2.05) is 7.05 Å². The first kappa shape index (κ1) is 19.8. The number of ether oxygens (including phenoxy) is 2. The third-order valence-corrected chi connectivity index (χ3v) is 5.81. The van der Waals surface area contributed by atoms with Gasteiger partial charge in [0, 0.05) is 24.5 Å². The van der Waals surface area contributed by atoms with Crippen LogP contribution in [0.25, 0.3) is 10.9 Å². The van der Waals surface area contributed by atoms with Gasteiger partial charge in [-0.05, 0) is 25.2 Å². The van der Waals surface area contributed by atoms with E-state index < -0.39 is 17.5 Å². The summed E-state index contributed by atoms with van der Waals surface area (Å²) in [5, 5.41) is 3.57. The number of carbonyl (C=O) groups excluding carboxylic acids is 1. The number of aromatic nitrogens is 2. The number of anilines is 3. The zero-order valence-electron chi connectivity index (χ0n) is 16.9. The van der Waals surface area contributed by atoms with Gasteiger partial charge in [-0.1, -0.05) is 17.7 Å². The first-order valence-electron chi connectivity index (χ1n) is 9.62. The Morgan fingerprint density at radius 2 is 2.06 bits per heavy atom. The molecule has 1 spiro atoms. The van der Waals surface area contributed by atoms with E-state index in [-0.39, 0.29) is 10.7 Å². The fourth-order valence-corrected chi connectivity index (χ4v) is 4.36. The van der Waals surface area contributed by atoms with Crippen LogP contribution in [0, 0.1) is 5.82 Å². The molecule has 0 atom stereocenters. The van der Waals surface area contributed by atoms with Crippen LogP contribution >= 0.6 is 11.6 Å². The number of rotatable bonds is 4. The number of nitrogens with one attached hydrogen (secondary N) is 1. The standard InChI is InChI=1S/C21H19ClFN5O3/c1-27-8-21(9-27)10-28(20(29)31-21)16-6-12-15(7-17(16)30-2)24-11-25-19(12)26-14-5-3-4-13(22)18(14)23/h3-7,11H,8-10H2,1-2H3,(H,24,25,26). The first-order chi connectivity index (χ1) is 14.9. The van der Waals surface area contributed by atoms with E-state index in [1.54, 1.807) is 29.2 Å². The maximum Gasteiger partial charge on any atom is 0.415 e. The van der Waals surface area contributed by atoms with Crippen molar-refractivity contribution in [1.82, 2.24) is 14.9 Å². The Balaban J connectivity index is 1.57. The molecular weight excluding hydrogens is 425 g/mol. The molecule has 2 aliphatic heterocycles. The summed E-state index contributed by atoms with van der Waals surface area (Å²) in [6.07, 6.45) is 0.938. The summed E-state index contributed by atoms with van der Waals surface area (Å²) < 4.78 is 25.6. The minimum atomic E-state index is -0.580. The summed E-state index contributed by atoms with van der Waals surface area (Å²) in [5.41, 5.74) is 0.785. The summed E-state index contributed by atoms with van der Waals surface area (Å²) in [7, 11) is 3.50. The SMILES string of the molecule is COc1cc2ncnc(Nc3cccc(Cl)c3F)c2cc1N1CC2(CN(C)C2)OC1=O. The van der Waals surface area contributed by atoms with Gasteiger partial charge in [0.2, 0.25) is 0 Å². The predicted octanol–water partition coefficient (Wildman–Crippen LogP) is 3.82. The van der Waals surface area contributed by atoms with Crippen molar-refractivity contribution >= 4 is 45.8 Å². The van der Waals surface area contributed by atoms with Crippen molar-refractivity contribution in [3.05, 3.63) is 47.5 Å². The Hall–Kier alpha value is -3.17. The molecule has 160 valence electrons. The third-order valence-electron chi connectivity index (χ3n) is 5.52. The molecule has 8 nitrogen and oxygen atoms in total. The van der Waals surface area contributed by atoms with E-state index in [2.05, 4.69) is 20.2 Å². The number of likely N-dealkylation sites (tertiary alicyclic amines) is 1. The van der Waals surface area contributed by atoms with Crippen molar-refractivity contribution < 1.29 is 18.7 Å². The molecule has 0 bridgehead atoms. The Morgan fingerprint density at radius 1 is 1.26 bits per heavy atom. The Morgan fingerprint density at radius 3 is 2.81 bits per heavy atom. The molecule has 2 fully saturated rings. The molecule has 3 heterocycles. The van der Waals surface area contributed by atoms with E-state index >= 15 is 0 Å². The van der Waals surface area contributed by atoms with E-state index in [9.17, 15) is 9.18 Å². The lowest BCUT2D eigenvalue weighted by Gasteiger charge is -2.43. The Kier molecular flexibility index (Phi) is 4.60. The Bertz CT molecular complexity index is 1200. The van der Waals surface area contributed by atoms with Gasteiger partial charge in [0.15, 0.2) is 11.4 Å². The third kappa shape index (κ3) is 3.30. The summed E-state index contributed by atoms with van der Waals surface area (Å²) in [6, 6.07) is 8.14. The largest absolute Gasteiger partial charge is 0.494 e. The molecule has 0 aliphatic carbocycles. The number of hydrogen-bond acceptors (Lipinski definition) is 7. The molecule has 10 heteroatoms. The van der Waals surface area contributed by atoms with E-state index in [1.165, 1.54) is 19.5 Å². The molecule has 5 rings (SSSR count). The van der Waals surface area contributed by atoms with Gasteiger partial charge in [-0.15, -0.1) is 0 Å². The van der Waals surface area contributed by atoms with Crippen molar-refractivity contribution in [1.29, 1.82) is 0 Å². The van der Waals surface area contributed by atoms with Crippen molar-refractivity contribution in [3.63, 3.8) is 0 Å². The van der Waals surface area contributed by atoms with Crippen molar-refractivity contribution in [2.75, 3.05) is 44.0 Å². The number of likely N-dealkylation sites (N-methyl/N-ethyl adjacent to an activating group) is 1. The van der Waals surface area contributed by atoms with Gasteiger partial charge >= 0.3 is 6.09 Å². The highest BCUT2D eigenvalue weighted by Gasteiger charge is 2.53. The maximum absolute atomic E-state index is 14.4. The van der Waals surface area contributed by atoms with Gasteiger partial charge < -0.3 is 14.8 Å². The first-order valence-corrected chi connectivity index (χ1v) is 10.00. The van der Waals surface area contributed by atoms with Gasteiger partial charge in [-0.3, -0.25) is 9.80 Å². The summed E-state index contributed by atoms with van der Waals surface area (Å²) in [6.45, 7) is 1.77. The van der Waals surface area contributed by atoms with Crippen molar-refractivity contribution in [3.8, 4) is 5.75 Å². The predicted molar refractivity (Wildman–Crippen MR) is 115 cm³/mol. The highest BCUT2D eigenvalue weighted by atomic mass is 35.5. The number of methoxy groups -OCH3 is 1. The quantitative estimate of drug-likeness (QED) is 0.656. The van der Waals surface area contributed by atoms with Gasteiger partial charge in [0.1, 0.15) is 17.9 Å². The summed E-state index contributed by atoms with van der Waals surface area (Å²) in [5.74, 6) is 0.275. The van der Waals surface area contributed by atoms with Crippen molar-refractivity contribution in [2.24, 2.45) is 0 Å². The van der Waals surface area contributed by atoms with Crippen LogP contribution in [0.2, 0.25) is 5.02 Å². The molecule has 0 saturated carbocycles. The average Bonchev–Trinajstić information content (AvgIpc) is 3.07. The summed E-state index contributed by atoms with van der Waals surface area (Å²) in [4.78, 5) is 24.9. The van der Waals surface area contributed by atoms with Crippen LogP contribution in [0.5, 0.6) is 5.75 Å². The number of benzene rings is 2. The smallest absolute Gasteiger partial charge is 0.415 e. The normalized spacial score (nSPS) is 17.7. The monoisotopic (exact) mass is 443 g/mol. The van der Waals surface area contributed by atoms with Crippen LogP contribution in [-0.4, -0.2) is 60.4 Å². The lowest BCUT2D eigenvalue weighted by atomic mass is 9.95. The fraction of sp³-hybridized carbons (Fsp3) is 0.286. The number of amides is 1. The maximum atomic E-state index is 14.4. The number of nitrogens with zero attached hydrogens (tertiary/aromatic N) is 4. The van der Waals surface area contributed by atoms with Crippen LogP contribution in [0.15, 0.2) is 36.7 Å². The minimum absolute atomic E-state index is 0.00120. The second-order valence-corrected chi connectivity index (χ2v) is 8.21. The Labute approximate surface area is 182 Å². The molecule has 2 saturated heterocycles. The van der Waals surface area contributed by atoms with Gasteiger partial charge in [0.05, 0.1) is 35.6 Å². The van der Waals surface area contributed by atoms with E-state index in [0.29, 0.717) is 47.8 Å². The topological polar surface area (TPSA) is 79.8 Å². The molecule has 2 aliphatic rings. The highest BCUT2D eigenvalue weighted by molar-refractivity contribution is 6.31. The molecule has 0 radical (unpaired) electrons. The zero-order valence-corrected chi connectivity index (χ0v) is 17.6. The summed E-state index contributed by atoms with van der Waals surface area (Å²) >= 11 is 5.90. The number of fused-ring (bicyclic) bond motifs is 1. The zero-order chi connectivity index (χ0) is 21.8. The minimum Gasteiger partial charge on any atom is -0.494 e. The number of hydrogen-bond donors (Lipinski definition) is 1. The van der Waals surface area contributed by atoms with Crippen molar-refractivity contribution in [2.45, 2.75) is 5.60 Å². The molecule has 31 heavy (non-hydrogen) atoms. The van der Waals surface area contributed by atoms with Crippen LogP contribution in [0.3, 0.4) is 0 Å². The van der Waals surface area contributed by atoms with Crippen LogP contribution in [0.1, 0.15) is 0 Å². The lowest BCUT2D eigenvalue weighted by molar-refractivity contribution is -0.0599. The molecule has 1 amide bonds. The van der Waals surface area contributed by atoms with Crippen LogP contribution in [0.4, 0.5) is 26.4 Å². The molecular formula is C21H19ClFN5O3. The van der Waals surface area contributed by atoms with E-state index in [4.69, 9.17) is 21.1 Å². The number of carbonyl (C=O) groups is 1. The molecule has 1 aromatic heterocycles. The fourth-order valence-electron chi connectivity index (χ4n) is 4.19. The lowest BCUT2D eigenvalue weighted by Crippen LogP contribution is -2.62. The van der Waals surface area contributed by atoms with Crippen LogP contribution < -0.4 is 15.0 Å². The molecule has 3 aromatic rings. The van der Waals surface area contributed by atoms with Gasteiger partial charge in [-0.25, -0.2) is 19.2 Å². The average molecular weight is 444 g/mol. The molecule has 2 aromatic carbocycles. The van der Waals surface area contributed by atoms with Gasteiger partial charge in [-0.2, -0.15) is 0 Å². The number of halogens is 2. The van der Waals surface area contributed by atoms with Crippen LogP contribution in [-0.2, 0) is 4.74 Å².